The van der Waals surface area contributed by atoms with E-state index in [2.05, 4.69) is 4.98 Å². The van der Waals surface area contributed by atoms with Gasteiger partial charge in [0.15, 0.2) is 16.2 Å². The predicted octanol–water partition coefficient (Wildman–Crippen LogP) is 1.92. The van der Waals surface area contributed by atoms with Crippen molar-refractivity contribution in [3.63, 3.8) is 0 Å². The average Bonchev–Trinajstić information content (AvgIpc) is 2.87. The van der Waals surface area contributed by atoms with Crippen LogP contribution < -0.4 is 0 Å². The molecule has 7 heteroatoms. The van der Waals surface area contributed by atoms with Crippen LogP contribution in [0.5, 0.6) is 0 Å². The summed E-state index contributed by atoms with van der Waals surface area (Å²) in [6.07, 6.45) is 2.18. The molecule has 0 N–H and O–H groups in total. The van der Waals surface area contributed by atoms with Gasteiger partial charge in [0.1, 0.15) is 5.69 Å². The Morgan fingerprint density at radius 2 is 2.05 bits per heavy atom. The number of hydrogen-bond acceptors (Lipinski definition) is 6. The number of esters is 1. The van der Waals surface area contributed by atoms with E-state index in [1.165, 1.54) is 6.07 Å². The Labute approximate surface area is 116 Å². The lowest BCUT2D eigenvalue weighted by Gasteiger charge is -2.06. The molecule has 0 bridgehead atoms. The summed E-state index contributed by atoms with van der Waals surface area (Å²) in [5.41, 5.74) is 0.469. The molecule has 6 nitrogen and oxygen atoms in total. The van der Waals surface area contributed by atoms with Crippen LogP contribution in [0.2, 0.25) is 0 Å². The van der Waals surface area contributed by atoms with E-state index in [1.807, 2.05) is 0 Å². The summed E-state index contributed by atoms with van der Waals surface area (Å²) >= 11 is 0. The molecule has 0 aliphatic carbocycles. The van der Waals surface area contributed by atoms with E-state index in [4.69, 9.17) is 9.15 Å². The molecule has 0 radical (unpaired) electrons. The first-order valence-electron chi connectivity index (χ1n) is 5.85. The largest absolute Gasteiger partial charge is 0.460 e. The molecule has 0 saturated carbocycles. The van der Waals surface area contributed by atoms with Gasteiger partial charge in [-0.25, -0.2) is 18.2 Å². The maximum atomic E-state index is 11.8. The first-order chi connectivity index (χ1) is 9.45. The first-order valence-corrected chi connectivity index (χ1v) is 7.74. The number of sulfone groups is 1. The molecule has 1 aromatic carbocycles. The first kappa shape index (κ1) is 14.3. The van der Waals surface area contributed by atoms with E-state index in [0.717, 1.165) is 12.6 Å². The fourth-order valence-electron chi connectivity index (χ4n) is 1.77. The second-order valence-corrected chi connectivity index (χ2v) is 6.00. The van der Waals surface area contributed by atoms with Crippen LogP contribution in [-0.2, 0) is 14.6 Å². The minimum atomic E-state index is -3.45. The van der Waals surface area contributed by atoms with Gasteiger partial charge in [0.25, 0.3) is 0 Å². The maximum Gasteiger partial charge on any atom is 0.376 e. The number of ether oxygens (including phenoxy) is 1. The third kappa shape index (κ3) is 2.72. The maximum absolute atomic E-state index is 11.8. The van der Waals surface area contributed by atoms with E-state index < -0.39 is 15.8 Å². The molecule has 0 fully saturated rings. The smallest absolute Gasteiger partial charge is 0.376 e. The van der Waals surface area contributed by atoms with Crippen LogP contribution in [0.3, 0.4) is 0 Å². The van der Waals surface area contributed by atoms with Gasteiger partial charge in [0, 0.05) is 11.8 Å². The third-order valence-electron chi connectivity index (χ3n) is 2.57. The Balaban J connectivity index is 2.60. The van der Waals surface area contributed by atoms with Crippen molar-refractivity contribution in [3.8, 4) is 11.3 Å². The van der Waals surface area contributed by atoms with Crippen molar-refractivity contribution < 1.29 is 22.4 Å². The number of carbonyl (C=O) groups excluding carboxylic acids is 1. The second-order valence-electron chi connectivity index (χ2n) is 4.02. The molecule has 0 aliphatic rings. The van der Waals surface area contributed by atoms with Crippen molar-refractivity contribution in [2.24, 2.45) is 0 Å². The summed E-state index contributed by atoms with van der Waals surface area (Å²) in [5.74, 6) is -0.786. The van der Waals surface area contributed by atoms with Crippen molar-refractivity contribution in [2.45, 2.75) is 11.8 Å². The highest BCUT2D eigenvalue weighted by Crippen LogP contribution is 2.29. The van der Waals surface area contributed by atoms with Gasteiger partial charge in [-0.05, 0) is 13.0 Å². The summed E-state index contributed by atoms with van der Waals surface area (Å²) in [7, 11) is -3.45. The van der Waals surface area contributed by atoms with Crippen LogP contribution in [-0.4, -0.2) is 32.2 Å². The number of aromatic nitrogens is 1. The lowest BCUT2D eigenvalue weighted by atomic mass is 10.1. The lowest BCUT2D eigenvalue weighted by Crippen LogP contribution is -2.06. The van der Waals surface area contributed by atoms with E-state index in [0.29, 0.717) is 5.56 Å². The summed E-state index contributed by atoms with van der Waals surface area (Å²) in [5, 5.41) is 0. The molecule has 1 heterocycles. The van der Waals surface area contributed by atoms with Crippen LogP contribution in [0.15, 0.2) is 40.0 Å². The number of carbonyl (C=O) groups is 1. The molecule has 2 rings (SSSR count). The molecular formula is C13H13NO5S. The lowest BCUT2D eigenvalue weighted by molar-refractivity contribution is 0.0491. The van der Waals surface area contributed by atoms with E-state index >= 15 is 0 Å². The van der Waals surface area contributed by atoms with Gasteiger partial charge < -0.3 is 9.15 Å². The number of benzene rings is 1. The highest BCUT2D eigenvalue weighted by Gasteiger charge is 2.24. The molecule has 0 amide bonds. The van der Waals surface area contributed by atoms with E-state index in [-0.39, 0.29) is 23.0 Å². The number of nitrogens with zero attached hydrogens (tertiary/aromatic N) is 1. The van der Waals surface area contributed by atoms with E-state index in [9.17, 15) is 13.2 Å². The molecular weight excluding hydrogens is 282 g/mol. The van der Waals surface area contributed by atoms with Crippen LogP contribution in [0.4, 0.5) is 0 Å². The van der Waals surface area contributed by atoms with Gasteiger partial charge in [-0.15, -0.1) is 0 Å². The zero-order valence-corrected chi connectivity index (χ0v) is 11.8. The minimum Gasteiger partial charge on any atom is -0.460 e. The quantitative estimate of drug-likeness (QED) is 0.801. The predicted molar refractivity (Wildman–Crippen MR) is 71.0 cm³/mol. The molecule has 0 unspecified atom stereocenters. The number of oxazole rings is 1. The van der Waals surface area contributed by atoms with Crippen molar-refractivity contribution in [2.75, 3.05) is 12.9 Å². The molecule has 0 atom stereocenters. The van der Waals surface area contributed by atoms with Gasteiger partial charge >= 0.3 is 5.97 Å². The van der Waals surface area contributed by atoms with Crippen molar-refractivity contribution in [1.82, 2.24) is 4.98 Å². The van der Waals surface area contributed by atoms with Crippen LogP contribution in [0.1, 0.15) is 17.5 Å². The van der Waals surface area contributed by atoms with Crippen LogP contribution in [0.25, 0.3) is 11.3 Å². The zero-order chi connectivity index (χ0) is 14.8. The van der Waals surface area contributed by atoms with Crippen molar-refractivity contribution in [1.29, 1.82) is 0 Å². The SMILES string of the molecule is CCOC(=O)c1ocnc1-c1ccccc1S(C)(=O)=O. The van der Waals surface area contributed by atoms with Gasteiger partial charge in [-0.3, -0.25) is 0 Å². The van der Waals surface area contributed by atoms with Gasteiger partial charge in [0.05, 0.1) is 11.5 Å². The van der Waals surface area contributed by atoms with Crippen molar-refractivity contribution in [3.05, 3.63) is 36.4 Å². The summed E-state index contributed by atoms with van der Waals surface area (Å²) in [6.45, 7) is 1.85. The highest BCUT2D eigenvalue weighted by atomic mass is 32.2. The Hall–Kier alpha value is -2.15. The standard InChI is InChI=1S/C13H13NO5S/c1-3-18-13(15)12-11(14-8-19-12)9-6-4-5-7-10(9)20(2,16)17/h4-8H,3H2,1-2H3. The topological polar surface area (TPSA) is 86.5 Å². The van der Waals surface area contributed by atoms with Crippen LogP contribution in [0, 0.1) is 0 Å². The molecule has 1 aromatic heterocycles. The van der Waals surface area contributed by atoms with Gasteiger partial charge in [0.2, 0.25) is 5.76 Å². The monoisotopic (exact) mass is 295 g/mol. The van der Waals surface area contributed by atoms with Crippen molar-refractivity contribution >= 4 is 15.8 Å². The molecule has 20 heavy (non-hydrogen) atoms. The third-order valence-corrected chi connectivity index (χ3v) is 3.72. The fourth-order valence-corrected chi connectivity index (χ4v) is 2.66. The minimum absolute atomic E-state index is 0.0828. The summed E-state index contributed by atoms with van der Waals surface area (Å²) < 4.78 is 33.4. The Morgan fingerprint density at radius 1 is 1.35 bits per heavy atom. The number of hydrogen-bond donors (Lipinski definition) is 0. The summed E-state index contributed by atoms with van der Waals surface area (Å²) in [4.78, 5) is 15.8. The summed E-state index contributed by atoms with van der Waals surface area (Å²) in [6, 6.07) is 6.28. The molecule has 106 valence electrons. The number of rotatable bonds is 4. The highest BCUT2D eigenvalue weighted by molar-refractivity contribution is 7.90. The molecule has 0 spiro atoms. The Morgan fingerprint density at radius 3 is 2.70 bits per heavy atom. The molecule has 0 saturated heterocycles. The molecule has 0 aliphatic heterocycles. The Kier molecular flexibility index (Phi) is 3.89. The van der Waals surface area contributed by atoms with Gasteiger partial charge in [-0.1, -0.05) is 18.2 Å². The zero-order valence-electron chi connectivity index (χ0n) is 11.0. The molecule has 2 aromatic rings. The van der Waals surface area contributed by atoms with Gasteiger partial charge in [-0.2, -0.15) is 0 Å². The second kappa shape index (κ2) is 5.46. The average molecular weight is 295 g/mol. The normalized spacial score (nSPS) is 11.3. The Bertz CT molecular complexity index is 733. The van der Waals surface area contributed by atoms with E-state index in [1.54, 1.807) is 25.1 Å². The fraction of sp³-hybridized carbons (Fsp3) is 0.231. The van der Waals surface area contributed by atoms with Crippen LogP contribution >= 0.6 is 0 Å².